The summed E-state index contributed by atoms with van der Waals surface area (Å²) in [5.41, 5.74) is 0.407. The summed E-state index contributed by atoms with van der Waals surface area (Å²) < 4.78 is 12.9. The van der Waals surface area contributed by atoms with E-state index in [-0.39, 0.29) is 5.02 Å². The fourth-order valence-electron chi connectivity index (χ4n) is 1.33. The van der Waals surface area contributed by atoms with Gasteiger partial charge in [0, 0.05) is 5.02 Å². The van der Waals surface area contributed by atoms with Crippen molar-refractivity contribution < 1.29 is 14.3 Å². The van der Waals surface area contributed by atoms with Crippen LogP contribution in [0, 0.1) is 5.82 Å². The highest BCUT2D eigenvalue weighted by atomic mass is 35.5. The molecule has 1 rings (SSSR count). The first-order valence-electron chi connectivity index (χ1n) is 4.23. The number of benzene rings is 1. The average molecular weight is 217 g/mol. The Morgan fingerprint density at radius 1 is 1.57 bits per heavy atom. The molecule has 0 spiro atoms. The van der Waals surface area contributed by atoms with Gasteiger partial charge in [0.25, 0.3) is 0 Å². The summed E-state index contributed by atoms with van der Waals surface area (Å²) in [6.07, 6.45) is 0.412. The van der Waals surface area contributed by atoms with Gasteiger partial charge in [-0.1, -0.05) is 18.5 Å². The molecule has 1 unspecified atom stereocenters. The van der Waals surface area contributed by atoms with Crippen LogP contribution in [0.1, 0.15) is 24.8 Å². The normalized spacial score (nSPS) is 12.5. The number of hydrogen-bond donors (Lipinski definition) is 1. The van der Waals surface area contributed by atoms with Crippen LogP contribution in [-0.4, -0.2) is 11.1 Å². The molecule has 0 aliphatic heterocycles. The van der Waals surface area contributed by atoms with Crippen LogP contribution in [0.5, 0.6) is 0 Å². The molecule has 0 aromatic heterocycles. The molecule has 1 aromatic rings. The Bertz CT molecular complexity index is 332. The zero-order valence-electron chi connectivity index (χ0n) is 7.63. The molecule has 4 heteroatoms. The van der Waals surface area contributed by atoms with E-state index < -0.39 is 17.7 Å². The van der Waals surface area contributed by atoms with Gasteiger partial charge in [0.1, 0.15) is 5.82 Å². The molecule has 0 amide bonds. The molecule has 0 saturated heterocycles. The van der Waals surface area contributed by atoms with Crippen molar-refractivity contribution in [3.63, 3.8) is 0 Å². The molecule has 0 bridgehead atoms. The lowest BCUT2D eigenvalue weighted by Gasteiger charge is -2.10. The summed E-state index contributed by atoms with van der Waals surface area (Å²) in [7, 11) is 0. The van der Waals surface area contributed by atoms with Crippen molar-refractivity contribution in [1.82, 2.24) is 0 Å². The van der Waals surface area contributed by atoms with Crippen molar-refractivity contribution in [2.75, 3.05) is 0 Å². The Hall–Kier alpha value is -1.09. The van der Waals surface area contributed by atoms with E-state index >= 15 is 0 Å². The van der Waals surface area contributed by atoms with E-state index in [1.165, 1.54) is 12.1 Å². The second-order valence-electron chi connectivity index (χ2n) is 3.00. The smallest absolute Gasteiger partial charge is 0.310 e. The van der Waals surface area contributed by atoms with Crippen LogP contribution in [0.2, 0.25) is 5.02 Å². The van der Waals surface area contributed by atoms with E-state index in [0.717, 1.165) is 6.07 Å². The summed E-state index contributed by atoms with van der Waals surface area (Å²) in [4.78, 5) is 10.8. The van der Waals surface area contributed by atoms with Gasteiger partial charge >= 0.3 is 5.97 Å². The van der Waals surface area contributed by atoms with Gasteiger partial charge in [-0.25, -0.2) is 4.39 Å². The van der Waals surface area contributed by atoms with Crippen molar-refractivity contribution in [3.05, 3.63) is 34.6 Å². The lowest BCUT2D eigenvalue weighted by molar-refractivity contribution is -0.138. The molecule has 0 fully saturated rings. The minimum atomic E-state index is -0.964. The fourth-order valence-corrected chi connectivity index (χ4v) is 1.56. The minimum Gasteiger partial charge on any atom is -0.481 e. The van der Waals surface area contributed by atoms with Gasteiger partial charge in [-0.3, -0.25) is 4.79 Å². The molecule has 14 heavy (non-hydrogen) atoms. The quantitative estimate of drug-likeness (QED) is 0.843. The highest BCUT2D eigenvalue weighted by Gasteiger charge is 2.18. The number of halogens is 2. The summed E-state index contributed by atoms with van der Waals surface area (Å²) >= 11 is 5.62. The maximum Gasteiger partial charge on any atom is 0.310 e. The van der Waals surface area contributed by atoms with Crippen molar-refractivity contribution in [3.8, 4) is 0 Å². The standard InChI is InChI=1S/C10H10ClFO2/c1-2-9(10(13)14)6-3-7(11)5-8(12)4-6/h3-5,9H,2H2,1H3,(H,13,14). The molecule has 0 saturated carbocycles. The lowest BCUT2D eigenvalue weighted by Crippen LogP contribution is -2.10. The summed E-state index contributed by atoms with van der Waals surface area (Å²) in [6, 6.07) is 3.83. The highest BCUT2D eigenvalue weighted by molar-refractivity contribution is 6.30. The van der Waals surface area contributed by atoms with Crippen LogP contribution in [0.25, 0.3) is 0 Å². The van der Waals surface area contributed by atoms with Crippen molar-refractivity contribution in [2.45, 2.75) is 19.3 Å². The molecule has 1 aromatic carbocycles. The molecule has 0 heterocycles. The van der Waals surface area contributed by atoms with Crippen LogP contribution in [0.15, 0.2) is 18.2 Å². The summed E-state index contributed by atoms with van der Waals surface area (Å²) in [5, 5.41) is 9.06. The second kappa shape index (κ2) is 4.42. The number of aliphatic carboxylic acids is 1. The van der Waals surface area contributed by atoms with Crippen LogP contribution in [0.3, 0.4) is 0 Å². The zero-order chi connectivity index (χ0) is 10.7. The number of carboxylic acids is 1. The number of carboxylic acid groups (broad SMARTS) is 1. The molecule has 1 atom stereocenters. The van der Waals surface area contributed by atoms with Crippen LogP contribution in [-0.2, 0) is 4.79 Å². The molecule has 0 aliphatic rings. The highest BCUT2D eigenvalue weighted by Crippen LogP contribution is 2.24. The predicted molar refractivity (Wildman–Crippen MR) is 52.1 cm³/mol. The van der Waals surface area contributed by atoms with Gasteiger partial charge in [0.15, 0.2) is 0 Å². The molecular weight excluding hydrogens is 207 g/mol. The van der Waals surface area contributed by atoms with Crippen molar-refractivity contribution >= 4 is 17.6 Å². The molecule has 2 nitrogen and oxygen atoms in total. The third-order valence-corrected chi connectivity index (χ3v) is 2.21. The fraction of sp³-hybridized carbons (Fsp3) is 0.300. The Balaban J connectivity index is 3.10. The monoisotopic (exact) mass is 216 g/mol. The van der Waals surface area contributed by atoms with Gasteiger partial charge < -0.3 is 5.11 Å². The van der Waals surface area contributed by atoms with Crippen LogP contribution < -0.4 is 0 Å². The Morgan fingerprint density at radius 3 is 2.64 bits per heavy atom. The Morgan fingerprint density at radius 2 is 2.21 bits per heavy atom. The van der Waals surface area contributed by atoms with E-state index in [0.29, 0.717) is 12.0 Å². The van der Waals surface area contributed by atoms with Crippen molar-refractivity contribution in [1.29, 1.82) is 0 Å². The molecule has 76 valence electrons. The third-order valence-electron chi connectivity index (χ3n) is 1.99. The van der Waals surface area contributed by atoms with E-state index in [4.69, 9.17) is 16.7 Å². The number of carbonyl (C=O) groups is 1. The molecule has 0 radical (unpaired) electrons. The van der Waals surface area contributed by atoms with E-state index in [1.54, 1.807) is 6.92 Å². The molecular formula is C10H10ClFO2. The van der Waals surface area contributed by atoms with E-state index in [1.807, 2.05) is 0 Å². The largest absolute Gasteiger partial charge is 0.481 e. The first-order valence-corrected chi connectivity index (χ1v) is 4.61. The van der Waals surface area contributed by atoms with Crippen LogP contribution in [0.4, 0.5) is 4.39 Å². The van der Waals surface area contributed by atoms with Crippen LogP contribution >= 0.6 is 11.6 Å². The molecule has 0 aliphatic carbocycles. The van der Waals surface area contributed by atoms with Gasteiger partial charge in [-0.2, -0.15) is 0 Å². The maximum absolute atomic E-state index is 12.9. The van der Waals surface area contributed by atoms with E-state index in [2.05, 4.69) is 0 Å². The second-order valence-corrected chi connectivity index (χ2v) is 3.44. The lowest BCUT2D eigenvalue weighted by atomic mass is 9.97. The zero-order valence-corrected chi connectivity index (χ0v) is 8.38. The SMILES string of the molecule is CCC(C(=O)O)c1cc(F)cc(Cl)c1. The van der Waals surface area contributed by atoms with E-state index in [9.17, 15) is 9.18 Å². The topological polar surface area (TPSA) is 37.3 Å². The first-order chi connectivity index (χ1) is 6.54. The minimum absolute atomic E-state index is 0.222. The first kappa shape index (κ1) is 11.0. The number of rotatable bonds is 3. The maximum atomic E-state index is 12.9. The third kappa shape index (κ3) is 2.45. The van der Waals surface area contributed by atoms with Gasteiger partial charge in [-0.15, -0.1) is 0 Å². The summed E-state index contributed by atoms with van der Waals surface area (Å²) in [5.74, 6) is -2.16. The summed E-state index contributed by atoms with van der Waals surface area (Å²) in [6.45, 7) is 1.73. The Kier molecular flexibility index (Phi) is 3.47. The van der Waals surface area contributed by atoms with Crippen molar-refractivity contribution in [2.24, 2.45) is 0 Å². The van der Waals surface area contributed by atoms with Gasteiger partial charge in [-0.05, 0) is 30.2 Å². The predicted octanol–water partition coefficient (Wildman–Crippen LogP) is 3.06. The molecule has 1 N–H and O–H groups in total. The van der Waals surface area contributed by atoms with Gasteiger partial charge in [0.05, 0.1) is 5.92 Å². The number of hydrogen-bond acceptors (Lipinski definition) is 1. The van der Waals surface area contributed by atoms with Gasteiger partial charge in [0.2, 0.25) is 0 Å². The Labute approximate surface area is 86.3 Å². The average Bonchev–Trinajstić information content (AvgIpc) is 2.02.